The van der Waals surface area contributed by atoms with E-state index in [1.54, 1.807) is 4.90 Å². The van der Waals surface area contributed by atoms with E-state index in [1.807, 2.05) is 54.7 Å². The summed E-state index contributed by atoms with van der Waals surface area (Å²) in [6.45, 7) is 1.39. The van der Waals surface area contributed by atoms with Gasteiger partial charge in [0.2, 0.25) is 11.8 Å². The summed E-state index contributed by atoms with van der Waals surface area (Å²) in [4.78, 5) is 31.6. The van der Waals surface area contributed by atoms with Crippen molar-refractivity contribution in [2.45, 2.75) is 32.2 Å². The molecular weight excluding hydrogens is 456 g/mol. The van der Waals surface area contributed by atoms with Crippen LogP contribution in [-0.2, 0) is 22.6 Å². The van der Waals surface area contributed by atoms with Gasteiger partial charge in [0.15, 0.2) is 0 Å². The average Bonchev–Trinajstić information content (AvgIpc) is 3.39. The quantitative estimate of drug-likeness (QED) is 0.593. The molecule has 1 aromatic heterocycles. The Balaban J connectivity index is 1.26. The van der Waals surface area contributed by atoms with E-state index in [-0.39, 0.29) is 24.2 Å². The number of anilines is 2. The second-order valence-electron chi connectivity index (χ2n) is 8.11. The van der Waals surface area contributed by atoms with E-state index >= 15 is 0 Å². The molecule has 5 rings (SSSR count). The summed E-state index contributed by atoms with van der Waals surface area (Å²) >= 11 is 3.49. The molecule has 1 saturated heterocycles. The van der Waals surface area contributed by atoms with Gasteiger partial charge in [0.25, 0.3) is 0 Å². The highest BCUT2D eigenvalue weighted by atomic mass is 79.9. The first-order chi connectivity index (χ1) is 15.1. The summed E-state index contributed by atoms with van der Waals surface area (Å²) in [6, 6.07) is 15.4. The van der Waals surface area contributed by atoms with Crippen LogP contribution in [0.3, 0.4) is 0 Å². The summed E-state index contributed by atoms with van der Waals surface area (Å²) in [5.41, 5.74) is 3.86. The van der Waals surface area contributed by atoms with Crippen molar-refractivity contribution >= 4 is 39.1 Å². The van der Waals surface area contributed by atoms with Crippen molar-refractivity contribution in [3.8, 4) is 11.4 Å². The summed E-state index contributed by atoms with van der Waals surface area (Å²) < 4.78 is 3.14. The van der Waals surface area contributed by atoms with Crippen LogP contribution in [0, 0.1) is 5.92 Å². The number of fused-ring (bicyclic) bond motifs is 1. The number of hydrogen-bond acceptors (Lipinski definition) is 3. The zero-order valence-corrected chi connectivity index (χ0v) is 18.6. The molecule has 1 unspecified atom stereocenters. The molecule has 6 nitrogen and oxygen atoms in total. The Labute approximate surface area is 189 Å². The van der Waals surface area contributed by atoms with Crippen molar-refractivity contribution in [1.29, 1.82) is 0 Å². The highest BCUT2D eigenvalue weighted by Gasteiger charge is 2.35. The van der Waals surface area contributed by atoms with E-state index in [1.165, 1.54) is 18.5 Å². The van der Waals surface area contributed by atoms with Gasteiger partial charge in [0.1, 0.15) is 5.82 Å². The number of nitrogens with zero attached hydrogens (tertiary/aromatic N) is 3. The normalized spacial score (nSPS) is 18.2. The molecule has 0 spiro atoms. The molecule has 2 aliphatic rings. The second-order valence-corrected chi connectivity index (χ2v) is 8.96. The highest BCUT2D eigenvalue weighted by Crippen LogP contribution is 2.32. The maximum absolute atomic E-state index is 12.8. The minimum Gasteiger partial charge on any atom is -0.328 e. The molecule has 0 aliphatic carbocycles. The number of aryl methyl sites for hydroxylation is 1. The zero-order chi connectivity index (χ0) is 21.4. The summed E-state index contributed by atoms with van der Waals surface area (Å²) in [5, 5.41) is 2.97. The Morgan fingerprint density at radius 2 is 1.90 bits per heavy atom. The molecule has 1 atom stereocenters. The lowest BCUT2D eigenvalue weighted by Crippen LogP contribution is -2.28. The average molecular weight is 479 g/mol. The Kier molecular flexibility index (Phi) is 5.36. The fourth-order valence-electron chi connectivity index (χ4n) is 4.40. The van der Waals surface area contributed by atoms with E-state index < -0.39 is 0 Å². The third kappa shape index (κ3) is 3.90. The third-order valence-corrected chi connectivity index (χ3v) is 6.72. The van der Waals surface area contributed by atoms with E-state index in [0.717, 1.165) is 40.2 Å². The van der Waals surface area contributed by atoms with Gasteiger partial charge in [-0.2, -0.15) is 0 Å². The van der Waals surface area contributed by atoms with Crippen LogP contribution in [0.25, 0.3) is 11.4 Å². The lowest BCUT2D eigenvalue weighted by molar-refractivity contribution is -0.122. The monoisotopic (exact) mass is 478 g/mol. The number of nitrogens with one attached hydrogen (secondary N) is 1. The van der Waals surface area contributed by atoms with Crippen LogP contribution in [0.4, 0.5) is 11.4 Å². The van der Waals surface area contributed by atoms with Gasteiger partial charge >= 0.3 is 0 Å². The van der Waals surface area contributed by atoms with Crippen LogP contribution in [0.5, 0.6) is 0 Å². The topological polar surface area (TPSA) is 67.2 Å². The standard InChI is InChI=1S/C24H23BrN4O2/c25-20-6-1-2-7-21(20)29-15-17(13-22(29)30)24(31)27-18-10-8-16(9-11-18)23-26-14-19-5-3-4-12-28(19)23/h1-2,6-11,14,17H,3-5,12-13,15H2,(H,27,31). The van der Waals surface area contributed by atoms with Gasteiger partial charge in [-0.05, 0) is 71.6 Å². The maximum Gasteiger partial charge on any atom is 0.229 e. The van der Waals surface area contributed by atoms with Crippen molar-refractivity contribution < 1.29 is 9.59 Å². The molecule has 2 aliphatic heterocycles. The molecule has 7 heteroatoms. The number of halogens is 1. The molecule has 3 heterocycles. The molecule has 1 fully saturated rings. The van der Waals surface area contributed by atoms with Crippen molar-refractivity contribution in [2.24, 2.45) is 5.92 Å². The van der Waals surface area contributed by atoms with E-state index in [9.17, 15) is 9.59 Å². The second kappa shape index (κ2) is 8.30. The third-order valence-electron chi connectivity index (χ3n) is 6.05. The molecule has 31 heavy (non-hydrogen) atoms. The molecule has 158 valence electrons. The first kappa shape index (κ1) is 20.0. The number of imidazole rings is 1. The van der Waals surface area contributed by atoms with Gasteiger partial charge in [-0.25, -0.2) is 4.98 Å². The molecule has 3 aromatic rings. The lowest BCUT2D eigenvalue weighted by Gasteiger charge is -2.18. The van der Waals surface area contributed by atoms with Gasteiger partial charge in [0, 0.05) is 47.1 Å². The number of para-hydroxylation sites is 1. The van der Waals surface area contributed by atoms with E-state index in [0.29, 0.717) is 6.54 Å². The molecular formula is C24H23BrN4O2. The number of amides is 2. The van der Waals surface area contributed by atoms with Crippen molar-refractivity contribution in [2.75, 3.05) is 16.8 Å². The molecule has 2 amide bonds. The Hall–Kier alpha value is -2.93. The highest BCUT2D eigenvalue weighted by molar-refractivity contribution is 9.10. The summed E-state index contributed by atoms with van der Waals surface area (Å²) in [6.07, 6.45) is 5.67. The number of rotatable bonds is 4. The fraction of sp³-hybridized carbons (Fsp3) is 0.292. The van der Waals surface area contributed by atoms with Gasteiger partial charge in [-0.3, -0.25) is 9.59 Å². The first-order valence-corrected chi connectivity index (χ1v) is 11.4. The summed E-state index contributed by atoms with van der Waals surface area (Å²) in [7, 11) is 0. The van der Waals surface area contributed by atoms with Crippen LogP contribution < -0.4 is 10.2 Å². The van der Waals surface area contributed by atoms with Crippen molar-refractivity contribution in [1.82, 2.24) is 9.55 Å². The van der Waals surface area contributed by atoms with Crippen LogP contribution in [0.2, 0.25) is 0 Å². The van der Waals surface area contributed by atoms with Gasteiger partial charge in [0.05, 0.1) is 11.6 Å². The first-order valence-electron chi connectivity index (χ1n) is 10.6. The molecule has 0 bridgehead atoms. The van der Waals surface area contributed by atoms with Crippen LogP contribution in [0.1, 0.15) is 25.0 Å². The maximum atomic E-state index is 12.8. The molecule has 2 aromatic carbocycles. The predicted octanol–water partition coefficient (Wildman–Crippen LogP) is 4.64. The zero-order valence-electron chi connectivity index (χ0n) is 17.1. The van der Waals surface area contributed by atoms with Crippen molar-refractivity contribution in [3.05, 3.63) is 64.9 Å². The predicted molar refractivity (Wildman–Crippen MR) is 124 cm³/mol. The van der Waals surface area contributed by atoms with Crippen molar-refractivity contribution in [3.63, 3.8) is 0 Å². The van der Waals surface area contributed by atoms with Crippen LogP contribution in [0.15, 0.2) is 59.2 Å². The Morgan fingerprint density at radius 3 is 2.71 bits per heavy atom. The van der Waals surface area contributed by atoms with E-state index in [4.69, 9.17) is 0 Å². The number of carbonyl (C=O) groups is 2. The molecule has 0 radical (unpaired) electrons. The molecule has 1 N–H and O–H groups in total. The van der Waals surface area contributed by atoms with Gasteiger partial charge in [-0.1, -0.05) is 12.1 Å². The van der Waals surface area contributed by atoms with E-state index in [2.05, 4.69) is 30.8 Å². The summed E-state index contributed by atoms with van der Waals surface area (Å²) in [5.74, 6) is 0.442. The lowest BCUT2D eigenvalue weighted by atomic mass is 10.1. The van der Waals surface area contributed by atoms with Gasteiger partial charge < -0.3 is 14.8 Å². The smallest absolute Gasteiger partial charge is 0.229 e. The number of aromatic nitrogens is 2. The molecule has 0 saturated carbocycles. The Bertz CT molecular complexity index is 1140. The number of benzene rings is 2. The minimum absolute atomic E-state index is 0.0357. The van der Waals surface area contributed by atoms with Crippen LogP contribution >= 0.6 is 15.9 Å². The number of hydrogen-bond donors (Lipinski definition) is 1. The fourth-order valence-corrected chi connectivity index (χ4v) is 4.90. The van der Waals surface area contributed by atoms with Crippen LogP contribution in [-0.4, -0.2) is 27.9 Å². The van der Waals surface area contributed by atoms with Gasteiger partial charge in [-0.15, -0.1) is 0 Å². The SMILES string of the molecule is O=C(Nc1ccc(-c2ncc3n2CCCC3)cc1)C1CC(=O)N(c2ccccc2Br)C1. The largest absolute Gasteiger partial charge is 0.328 e. The Morgan fingerprint density at radius 1 is 1.10 bits per heavy atom. The minimum atomic E-state index is -0.376. The number of carbonyl (C=O) groups excluding carboxylic acids is 2.